The summed E-state index contributed by atoms with van der Waals surface area (Å²) >= 11 is 0. The lowest BCUT2D eigenvalue weighted by Crippen LogP contribution is -2.34. The van der Waals surface area contributed by atoms with Gasteiger partial charge in [0, 0.05) is 25.2 Å². The highest BCUT2D eigenvalue weighted by atomic mass is 15.2. The molecule has 0 aliphatic carbocycles. The predicted molar refractivity (Wildman–Crippen MR) is 82.3 cm³/mol. The SMILES string of the molecule is CC1CC(C)N(CC(N)c2ccc(C(C)C)cc2)C1. The molecule has 1 aliphatic rings. The Morgan fingerprint density at radius 3 is 2.21 bits per heavy atom. The molecule has 0 saturated carbocycles. The third-order valence-corrected chi connectivity index (χ3v) is 4.38. The first kappa shape index (κ1) is 14.5. The number of rotatable bonds is 4. The molecule has 3 atom stereocenters. The van der Waals surface area contributed by atoms with Crippen molar-refractivity contribution in [2.45, 2.75) is 52.1 Å². The lowest BCUT2D eigenvalue weighted by atomic mass is 9.99. The minimum Gasteiger partial charge on any atom is -0.323 e. The third-order valence-electron chi connectivity index (χ3n) is 4.38. The minimum absolute atomic E-state index is 0.133. The Morgan fingerprint density at radius 1 is 1.16 bits per heavy atom. The maximum Gasteiger partial charge on any atom is 0.0424 e. The molecule has 1 aromatic rings. The van der Waals surface area contributed by atoms with Gasteiger partial charge in [-0.3, -0.25) is 4.90 Å². The third kappa shape index (κ3) is 3.58. The predicted octanol–water partition coefficient (Wildman–Crippen LogP) is 3.54. The van der Waals surface area contributed by atoms with E-state index in [0.717, 1.165) is 12.5 Å². The molecule has 0 aromatic heterocycles. The average molecular weight is 260 g/mol. The molecule has 0 amide bonds. The molecule has 1 aliphatic heterocycles. The van der Waals surface area contributed by atoms with Crippen LogP contribution in [0.3, 0.4) is 0 Å². The van der Waals surface area contributed by atoms with E-state index in [1.807, 2.05) is 0 Å². The van der Waals surface area contributed by atoms with Crippen LogP contribution in [0, 0.1) is 5.92 Å². The summed E-state index contributed by atoms with van der Waals surface area (Å²) in [6.07, 6.45) is 1.30. The van der Waals surface area contributed by atoms with E-state index in [-0.39, 0.29) is 6.04 Å². The highest BCUT2D eigenvalue weighted by molar-refractivity contribution is 5.26. The van der Waals surface area contributed by atoms with E-state index < -0.39 is 0 Å². The summed E-state index contributed by atoms with van der Waals surface area (Å²) in [7, 11) is 0. The smallest absolute Gasteiger partial charge is 0.0424 e. The molecule has 1 fully saturated rings. The molecule has 3 unspecified atom stereocenters. The van der Waals surface area contributed by atoms with Crippen molar-refractivity contribution >= 4 is 0 Å². The van der Waals surface area contributed by atoms with E-state index in [2.05, 4.69) is 56.9 Å². The van der Waals surface area contributed by atoms with Gasteiger partial charge in [-0.2, -0.15) is 0 Å². The van der Waals surface area contributed by atoms with Crippen molar-refractivity contribution in [1.29, 1.82) is 0 Å². The van der Waals surface area contributed by atoms with E-state index >= 15 is 0 Å². The van der Waals surface area contributed by atoms with Gasteiger partial charge in [-0.1, -0.05) is 45.0 Å². The second-order valence-electron chi connectivity index (χ2n) is 6.57. The van der Waals surface area contributed by atoms with Crippen molar-refractivity contribution in [3.05, 3.63) is 35.4 Å². The Bertz CT molecular complexity index is 396. The van der Waals surface area contributed by atoms with Gasteiger partial charge in [0.2, 0.25) is 0 Å². The molecule has 1 heterocycles. The highest BCUT2D eigenvalue weighted by Crippen LogP contribution is 2.25. The van der Waals surface area contributed by atoms with Gasteiger partial charge in [-0.05, 0) is 36.3 Å². The van der Waals surface area contributed by atoms with Crippen molar-refractivity contribution in [2.75, 3.05) is 13.1 Å². The zero-order valence-electron chi connectivity index (χ0n) is 12.8. The Balaban J connectivity index is 1.98. The molecule has 2 N–H and O–H groups in total. The van der Waals surface area contributed by atoms with Crippen molar-refractivity contribution in [2.24, 2.45) is 11.7 Å². The van der Waals surface area contributed by atoms with E-state index in [9.17, 15) is 0 Å². The molecule has 2 nitrogen and oxygen atoms in total. The molecule has 1 saturated heterocycles. The number of benzene rings is 1. The number of nitrogens with two attached hydrogens (primary N) is 1. The molecule has 1 aromatic carbocycles. The minimum atomic E-state index is 0.133. The Labute approximate surface area is 118 Å². The molecule has 0 radical (unpaired) electrons. The lowest BCUT2D eigenvalue weighted by Gasteiger charge is -2.25. The monoisotopic (exact) mass is 260 g/mol. The number of hydrogen-bond acceptors (Lipinski definition) is 2. The Kier molecular flexibility index (Phi) is 4.64. The number of likely N-dealkylation sites (tertiary alicyclic amines) is 1. The van der Waals surface area contributed by atoms with Gasteiger partial charge in [0.1, 0.15) is 0 Å². The summed E-state index contributed by atoms with van der Waals surface area (Å²) in [6.45, 7) is 11.3. The molecule has 0 bridgehead atoms. The van der Waals surface area contributed by atoms with Crippen molar-refractivity contribution in [3.63, 3.8) is 0 Å². The van der Waals surface area contributed by atoms with Crippen LogP contribution in [0.25, 0.3) is 0 Å². The van der Waals surface area contributed by atoms with Gasteiger partial charge in [0.05, 0.1) is 0 Å². The summed E-state index contributed by atoms with van der Waals surface area (Å²) in [5.74, 6) is 1.40. The second kappa shape index (κ2) is 6.06. The van der Waals surface area contributed by atoms with Crippen LogP contribution >= 0.6 is 0 Å². The van der Waals surface area contributed by atoms with Crippen LogP contribution in [0.4, 0.5) is 0 Å². The zero-order chi connectivity index (χ0) is 14.0. The van der Waals surface area contributed by atoms with Crippen LogP contribution in [-0.4, -0.2) is 24.0 Å². The average Bonchev–Trinajstić information content (AvgIpc) is 2.68. The van der Waals surface area contributed by atoms with E-state index in [0.29, 0.717) is 12.0 Å². The maximum atomic E-state index is 6.37. The normalized spacial score (nSPS) is 26.0. The Morgan fingerprint density at radius 2 is 1.74 bits per heavy atom. The van der Waals surface area contributed by atoms with Gasteiger partial charge >= 0.3 is 0 Å². The standard InChI is InChI=1S/C17H28N2/c1-12(2)15-5-7-16(8-6-15)17(18)11-19-10-13(3)9-14(19)4/h5-8,12-14,17H,9-11,18H2,1-4H3. The lowest BCUT2D eigenvalue weighted by molar-refractivity contribution is 0.249. The van der Waals surface area contributed by atoms with Crippen molar-refractivity contribution in [1.82, 2.24) is 4.90 Å². The summed E-state index contributed by atoms with van der Waals surface area (Å²) in [5.41, 5.74) is 9.02. The maximum absolute atomic E-state index is 6.37. The number of hydrogen-bond donors (Lipinski definition) is 1. The molecule has 19 heavy (non-hydrogen) atoms. The fraction of sp³-hybridized carbons (Fsp3) is 0.647. The second-order valence-corrected chi connectivity index (χ2v) is 6.57. The summed E-state index contributed by atoms with van der Waals surface area (Å²) < 4.78 is 0. The molecular weight excluding hydrogens is 232 g/mol. The van der Waals surface area contributed by atoms with Crippen LogP contribution in [0.2, 0.25) is 0 Å². The van der Waals surface area contributed by atoms with E-state index in [4.69, 9.17) is 5.73 Å². The summed E-state index contributed by atoms with van der Waals surface area (Å²) in [4.78, 5) is 2.53. The fourth-order valence-corrected chi connectivity index (χ4v) is 3.13. The quantitative estimate of drug-likeness (QED) is 0.897. The molecular formula is C17H28N2. The van der Waals surface area contributed by atoms with Gasteiger partial charge in [-0.25, -0.2) is 0 Å². The number of nitrogens with zero attached hydrogens (tertiary/aromatic N) is 1. The fourth-order valence-electron chi connectivity index (χ4n) is 3.13. The van der Waals surface area contributed by atoms with Crippen LogP contribution in [0.1, 0.15) is 57.2 Å². The van der Waals surface area contributed by atoms with Crippen LogP contribution in [-0.2, 0) is 0 Å². The van der Waals surface area contributed by atoms with Gasteiger partial charge < -0.3 is 5.73 Å². The highest BCUT2D eigenvalue weighted by Gasteiger charge is 2.27. The van der Waals surface area contributed by atoms with Crippen LogP contribution in [0.5, 0.6) is 0 Å². The van der Waals surface area contributed by atoms with Gasteiger partial charge in [-0.15, -0.1) is 0 Å². The molecule has 2 heteroatoms. The molecule has 106 valence electrons. The Hall–Kier alpha value is -0.860. The molecule has 0 spiro atoms. The summed E-state index contributed by atoms with van der Waals surface area (Å²) in [5, 5.41) is 0. The zero-order valence-corrected chi connectivity index (χ0v) is 12.8. The van der Waals surface area contributed by atoms with Crippen LogP contribution in [0.15, 0.2) is 24.3 Å². The van der Waals surface area contributed by atoms with Crippen LogP contribution < -0.4 is 5.73 Å². The van der Waals surface area contributed by atoms with Crippen molar-refractivity contribution < 1.29 is 0 Å². The van der Waals surface area contributed by atoms with E-state index in [1.165, 1.54) is 24.1 Å². The molecule has 2 rings (SSSR count). The van der Waals surface area contributed by atoms with E-state index in [1.54, 1.807) is 0 Å². The largest absolute Gasteiger partial charge is 0.323 e. The van der Waals surface area contributed by atoms with Gasteiger partial charge in [0.25, 0.3) is 0 Å². The first-order chi connectivity index (χ1) is 8.97. The summed E-state index contributed by atoms with van der Waals surface area (Å²) in [6, 6.07) is 9.64. The first-order valence-electron chi connectivity index (χ1n) is 7.57. The van der Waals surface area contributed by atoms with Crippen molar-refractivity contribution in [3.8, 4) is 0 Å². The first-order valence-corrected chi connectivity index (χ1v) is 7.57. The van der Waals surface area contributed by atoms with Gasteiger partial charge in [0.15, 0.2) is 0 Å². The topological polar surface area (TPSA) is 29.3 Å².